The van der Waals surface area contributed by atoms with E-state index in [1.54, 1.807) is 31.3 Å². The number of benzene rings is 1. The lowest BCUT2D eigenvalue weighted by Crippen LogP contribution is -2.21. The first-order valence-electron chi connectivity index (χ1n) is 6.00. The summed E-state index contributed by atoms with van der Waals surface area (Å²) in [4.78, 5) is 27.1. The molecule has 6 nitrogen and oxygen atoms in total. The van der Waals surface area contributed by atoms with Crippen LogP contribution in [0.1, 0.15) is 16.1 Å². The number of aromatic carboxylic acids is 1. The van der Waals surface area contributed by atoms with E-state index in [9.17, 15) is 9.59 Å². The van der Waals surface area contributed by atoms with Gasteiger partial charge in [-0.25, -0.2) is 9.59 Å². The van der Waals surface area contributed by atoms with Crippen LogP contribution in [0.25, 0.3) is 0 Å². The van der Waals surface area contributed by atoms with Crippen molar-refractivity contribution in [1.29, 1.82) is 0 Å². The molecule has 0 unspecified atom stereocenters. The molecule has 0 fully saturated rings. The fourth-order valence-corrected chi connectivity index (χ4v) is 1.99. The number of hydrogen-bond donors (Lipinski definition) is 3. The van der Waals surface area contributed by atoms with Crippen LogP contribution in [0.5, 0.6) is 0 Å². The molecule has 2 aromatic rings. The molecule has 1 aromatic heterocycles. The van der Waals surface area contributed by atoms with Crippen molar-refractivity contribution >= 4 is 35.0 Å². The van der Waals surface area contributed by atoms with Crippen molar-refractivity contribution in [2.45, 2.75) is 6.92 Å². The fourth-order valence-electron chi connectivity index (χ4n) is 1.74. The summed E-state index contributed by atoms with van der Waals surface area (Å²) in [6.45, 7) is 1.75. The van der Waals surface area contributed by atoms with E-state index >= 15 is 0 Å². The Morgan fingerprint density at radius 1 is 1.14 bits per heavy atom. The summed E-state index contributed by atoms with van der Waals surface area (Å²) >= 11 is 5.83. The first kappa shape index (κ1) is 14.8. The van der Waals surface area contributed by atoms with Gasteiger partial charge in [-0.3, -0.25) is 4.98 Å². The molecule has 1 heterocycles. The molecular formula is C14H12ClN3O3. The Balaban J connectivity index is 2.19. The highest BCUT2D eigenvalue weighted by Gasteiger charge is 2.16. The fraction of sp³-hybridized carbons (Fsp3) is 0.0714. The largest absolute Gasteiger partial charge is 0.478 e. The second-order valence-corrected chi connectivity index (χ2v) is 4.59. The Labute approximate surface area is 125 Å². The molecule has 0 saturated carbocycles. The number of carbonyl (C=O) groups is 2. The molecule has 2 amide bonds. The molecule has 7 heteroatoms. The number of anilines is 2. The summed E-state index contributed by atoms with van der Waals surface area (Å²) < 4.78 is 0. The lowest BCUT2D eigenvalue weighted by molar-refractivity contribution is 0.0698. The third-order valence-electron chi connectivity index (χ3n) is 2.73. The SMILES string of the molecule is Cc1ncccc1NC(=O)Nc1cccc(Cl)c1C(=O)O. The predicted molar refractivity (Wildman–Crippen MR) is 80.0 cm³/mol. The quantitative estimate of drug-likeness (QED) is 0.810. The zero-order valence-electron chi connectivity index (χ0n) is 11.1. The predicted octanol–water partition coefficient (Wildman–Crippen LogP) is 3.39. The van der Waals surface area contributed by atoms with Crippen molar-refractivity contribution in [2.24, 2.45) is 0 Å². The lowest BCUT2D eigenvalue weighted by atomic mass is 10.2. The smallest absolute Gasteiger partial charge is 0.339 e. The molecule has 2 rings (SSSR count). The van der Waals surface area contributed by atoms with Gasteiger partial charge in [0, 0.05) is 6.20 Å². The average molecular weight is 306 g/mol. The van der Waals surface area contributed by atoms with E-state index in [4.69, 9.17) is 16.7 Å². The lowest BCUT2D eigenvalue weighted by Gasteiger charge is -2.11. The van der Waals surface area contributed by atoms with Gasteiger partial charge in [-0.15, -0.1) is 0 Å². The molecular weight excluding hydrogens is 294 g/mol. The summed E-state index contributed by atoms with van der Waals surface area (Å²) in [6.07, 6.45) is 1.61. The number of hydrogen-bond acceptors (Lipinski definition) is 3. The van der Waals surface area contributed by atoms with E-state index in [-0.39, 0.29) is 16.3 Å². The van der Waals surface area contributed by atoms with Crippen LogP contribution in [-0.4, -0.2) is 22.1 Å². The van der Waals surface area contributed by atoms with Gasteiger partial charge in [0.05, 0.1) is 22.1 Å². The summed E-state index contributed by atoms with van der Waals surface area (Å²) in [5, 5.41) is 14.2. The second kappa shape index (κ2) is 6.23. The maximum atomic E-state index is 11.9. The molecule has 0 bridgehead atoms. The van der Waals surface area contributed by atoms with Crippen LogP contribution in [0.15, 0.2) is 36.5 Å². The van der Waals surface area contributed by atoms with Crippen LogP contribution in [-0.2, 0) is 0 Å². The molecule has 0 saturated heterocycles. The monoisotopic (exact) mass is 305 g/mol. The van der Waals surface area contributed by atoms with E-state index in [1.165, 1.54) is 12.1 Å². The molecule has 3 N–H and O–H groups in total. The molecule has 108 valence electrons. The zero-order valence-corrected chi connectivity index (χ0v) is 11.8. The Kier molecular flexibility index (Phi) is 4.39. The van der Waals surface area contributed by atoms with Crippen LogP contribution in [0.2, 0.25) is 5.02 Å². The number of aromatic nitrogens is 1. The van der Waals surface area contributed by atoms with Crippen LogP contribution < -0.4 is 10.6 Å². The summed E-state index contributed by atoms with van der Waals surface area (Å²) in [6, 6.07) is 7.27. The van der Waals surface area contributed by atoms with E-state index in [1.807, 2.05) is 0 Å². The van der Waals surface area contributed by atoms with Gasteiger partial charge in [-0.2, -0.15) is 0 Å². The minimum absolute atomic E-state index is 0.0536. The molecule has 0 atom stereocenters. The van der Waals surface area contributed by atoms with Crippen LogP contribution >= 0.6 is 11.6 Å². The average Bonchev–Trinajstić information content (AvgIpc) is 2.41. The number of urea groups is 1. The number of pyridine rings is 1. The topological polar surface area (TPSA) is 91.3 Å². The number of carbonyl (C=O) groups excluding carboxylic acids is 1. The Morgan fingerprint density at radius 2 is 1.81 bits per heavy atom. The summed E-state index contributed by atoms with van der Waals surface area (Å²) in [5.74, 6) is -1.21. The highest BCUT2D eigenvalue weighted by atomic mass is 35.5. The van der Waals surface area contributed by atoms with Gasteiger partial charge in [-0.1, -0.05) is 17.7 Å². The van der Waals surface area contributed by atoms with Crippen LogP contribution in [0.3, 0.4) is 0 Å². The normalized spacial score (nSPS) is 10.0. The molecule has 0 radical (unpaired) electrons. The van der Waals surface area contributed by atoms with E-state index in [0.717, 1.165) is 0 Å². The number of nitrogens with zero attached hydrogens (tertiary/aromatic N) is 1. The summed E-state index contributed by atoms with van der Waals surface area (Å²) in [7, 11) is 0. The molecule has 0 aliphatic heterocycles. The van der Waals surface area contributed by atoms with Crippen molar-refractivity contribution in [3.63, 3.8) is 0 Å². The van der Waals surface area contributed by atoms with Gasteiger partial charge in [0.2, 0.25) is 0 Å². The molecule has 0 aliphatic carbocycles. The van der Waals surface area contributed by atoms with E-state index in [0.29, 0.717) is 11.4 Å². The molecule has 1 aromatic carbocycles. The Bertz CT molecular complexity index is 704. The number of carboxylic acid groups (broad SMARTS) is 1. The Morgan fingerprint density at radius 3 is 2.48 bits per heavy atom. The van der Waals surface area contributed by atoms with Gasteiger partial charge in [0.1, 0.15) is 5.56 Å². The van der Waals surface area contributed by atoms with Gasteiger partial charge in [0.25, 0.3) is 0 Å². The zero-order chi connectivity index (χ0) is 15.4. The first-order chi connectivity index (χ1) is 9.99. The van der Waals surface area contributed by atoms with Crippen molar-refractivity contribution in [3.05, 3.63) is 52.8 Å². The Hall–Kier alpha value is -2.60. The van der Waals surface area contributed by atoms with E-state index < -0.39 is 12.0 Å². The second-order valence-electron chi connectivity index (χ2n) is 4.18. The number of amides is 2. The third-order valence-corrected chi connectivity index (χ3v) is 3.05. The molecule has 0 spiro atoms. The van der Waals surface area contributed by atoms with Gasteiger partial charge >= 0.3 is 12.0 Å². The van der Waals surface area contributed by atoms with Gasteiger partial charge in [-0.05, 0) is 31.2 Å². The number of carboxylic acids is 1. The highest BCUT2D eigenvalue weighted by molar-refractivity contribution is 6.34. The van der Waals surface area contributed by atoms with Crippen molar-refractivity contribution in [3.8, 4) is 0 Å². The number of nitrogens with one attached hydrogen (secondary N) is 2. The van der Waals surface area contributed by atoms with Crippen molar-refractivity contribution in [1.82, 2.24) is 4.98 Å². The van der Waals surface area contributed by atoms with E-state index in [2.05, 4.69) is 15.6 Å². The highest BCUT2D eigenvalue weighted by Crippen LogP contribution is 2.24. The minimum Gasteiger partial charge on any atom is -0.478 e. The minimum atomic E-state index is -1.21. The molecule has 21 heavy (non-hydrogen) atoms. The van der Waals surface area contributed by atoms with Crippen LogP contribution in [0, 0.1) is 6.92 Å². The molecule has 0 aliphatic rings. The van der Waals surface area contributed by atoms with Crippen molar-refractivity contribution in [2.75, 3.05) is 10.6 Å². The standard InChI is InChI=1S/C14H12ClN3O3/c1-8-10(6-3-7-16-8)17-14(21)18-11-5-2-4-9(15)12(11)13(19)20/h2-7H,1H3,(H,19,20)(H2,17,18,21). The van der Waals surface area contributed by atoms with Crippen LogP contribution in [0.4, 0.5) is 16.2 Å². The van der Waals surface area contributed by atoms with Gasteiger partial charge in [0.15, 0.2) is 0 Å². The third kappa shape index (κ3) is 3.49. The summed E-state index contributed by atoms with van der Waals surface area (Å²) in [5.41, 5.74) is 1.15. The van der Waals surface area contributed by atoms with Gasteiger partial charge < -0.3 is 15.7 Å². The number of halogens is 1. The van der Waals surface area contributed by atoms with Crippen molar-refractivity contribution < 1.29 is 14.7 Å². The maximum Gasteiger partial charge on any atom is 0.339 e. The number of rotatable bonds is 3. The maximum absolute atomic E-state index is 11.9. The number of aryl methyl sites for hydroxylation is 1. The first-order valence-corrected chi connectivity index (χ1v) is 6.38.